The van der Waals surface area contributed by atoms with Crippen LogP contribution in [0.1, 0.15) is 11.1 Å². The third-order valence-electron chi connectivity index (χ3n) is 2.63. The number of para-hydroxylation sites is 2. The molecule has 2 aromatic carbocycles. The van der Waals surface area contributed by atoms with Gasteiger partial charge in [0.05, 0.1) is 5.56 Å². The lowest BCUT2D eigenvalue weighted by atomic mass is 10.1. The maximum absolute atomic E-state index is 12.6. The Balaban J connectivity index is 2.17. The minimum absolute atomic E-state index is 0.0951. The molecule has 0 unspecified atom stereocenters. The van der Waals surface area contributed by atoms with Crippen LogP contribution in [0.2, 0.25) is 0 Å². The van der Waals surface area contributed by atoms with Crippen molar-refractivity contribution in [2.45, 2.75) is 12.8 Å². The molecule has 0 atom stereocenters. The number of benzene rings is 2. The van der Waals surface area contributed by atoms with Gasteiger partial charge in [-0.1, -0.05) is 18.2 Å². The molecule has 3 nitrogen and oxygen atoms in total. The largest absolute Gasteiger partial charge is 0.507 e. The highest BCUT2D eigenvalue weighted by atomic mass is 19.4. The van der Waals surface area contributed by atoms with Crippen LogP contribution in [-0.4, -0.2) is 10.2 Å². The van der Waals surface area contributed by atoms with E-state index in [1.54, 1.807) is 12.1 Å². The molecule has 106 valence electrons. The van der Waals surface area contributed by atoms with Crippen LogP contribution in [0, 0.1) is 0 Å². The van der Waals surface area contributed by atoms with Crippen LogP contribution in [0.15, 0.2) is 42.5 Å². The van der Waals surface area contributed by atoms with Crippen LogP contribution >= 0.6 is 0 Å². The van der Waals surface area contributed by atoms with E-state index in [4.69, 9.17) is 4.74 Å². The van der Waals surface area contributed by atoms with Crippen molar-refractivity contribution in [1.82, 2.24) is 0 Å². The number of alkyl halides is 3. The smallest absolute Gasteiger partial charge is 0.419 e. The number of aromatic hydroxyl groups is 2. The molecule has 6 heteroatoms. The summed E-state index contributed by atoms with van der Waals surface area (Å²) >= 11 is 0. The quantitative estimate of drug-likeness (QED) is 0.903. The molecule has 20 heavy (non-hydrogen) atoms. The van der Waals surface area contributed by atoms with E-state index >= 15 is 0 Å². The van der Waals surface area contributed by atoms with Crippen LogP contribution in [0.4, 0.5) is 13.2 Å². The van der Waals surface area contributed by atoms with Crippen molar-refractivity contribution in [3.8, 4) is 17.2 Å². The first-order chi connectivity index (χ1) is 9.38. The van der Waals surface area contributed by atoms with E-state index in [0.717, 1.165) is 12.1 Å². The van der Waals surface area contributed by atoms with Gasteiger partial charge in [0.15, 0.2) is 11.5 Å². The highest BCUT2D eigenvalue weighted by Gasteiger charge is 2.34. The van der Waals surface area contributed by atoms with E-state index in [2.05, 4.69) is 0 Å². The lowest BCUT2D eigenvalue weighted by Crippen LogP contribution is -2.07. The summed E-state index contributed by atoms with van der Waals surface area (Å²) in [6.07, 6.45) is -4.63. The van der Waals surface area contributed by atoms with Crippen molar-refractivity contribution in [3.05, 3.63) is 53.6 Å². The van der Waals surface area contributed by atoms with Crippen LogP contribution in [0.3, 0.4) is 0 Å². The summed E-state index contributed by atoms with van der Waals surface area (Å²) in [5, 5.41) is 18.7. The van der Waals surface area contributed by atoms with Crippen molar-refractivity contribution >= 4 is 0 Å². The topological polar surface area (TPSA) is 49.7 Å². The van der Waals surface area contributed by atoms with Gasteiger partial charge in [-0.2, -0.15) is 13.2 Å². The fourth-order valence-corrected chi connectivity index (χ4v) is 1.64. The number of phenols is 2. The number of hydrogen-bond donors (Lipinski definition) is 2. The van der Waals surface area contributed by atoms with Gasteiger partial charge in [-0.3, -0.25) is 0 Å². The standard InChI is InChI=1S/C14H11F3O3/c15-14(16,17)10-7-9(5-6-11(10)18)8-20-13-4-2-1-3-12(13)19/h1-7,18-19H,8H2. The highest BCUT2D eigenvalue weighted by Crippen LogP contribution is 2.36. The van der Waals surface area contributed by atoms with Gasteiger partial charge in [-0.05, 0) is 29.8 Å². The van der Waals surface area contributed by atoms with Gasteiger partial charge < -0.3 is 14.9 Å². The third kappa shape index (κ3) is 3.14. The van der Waals surface area contributed by atoms with Crippen molar-refractivity contribution in [2.75, 3.05) is 0 Å². The zero-order valence-electron chi connectivity index (χ0n) is 10.2. The summed E-state index contributed by atoms with van der Waals surface area (Å²) in [5.41, 5.74) is -0.880. The Hall–Kier alpha value is -2.37. The first-order valence-corrected chi connectivity index (χ1v) is 5.68. The average Bonchev–Trinajstić information content (AvgIpc) is 2.38. The fraction of sp³-hybridized carbons (Fsp3) is 0.143. The average molecular weight is 284 g/mol. The lowest BCUT2D eigenvalue weighted by Gasteiger charge is -2.12. The van der Waals surface area contributed by atoms with Gasteiger partial charge >= 0.3 is 6.18 Å². The maximum Gasteiger partial charge on any atom is 0.419 e. The molecule has 2 aromatic rings. The van der Waals surface area contributed by atoms with Crippen LogP contribution in [0.25, 0.3) is 0 Å². The van der Waals surface area contributed by atoms with E-state index in [0.29, 0.717) is 0 Å². The van der Waals surface area contributed by atoms with Gasteiger partial charge in [0.25, 0.3) is 0 Å². The van der Waals surface area contributed by atoms with Gasteiger partial charge in [-0.15, -0.1) is 0 Å². The van der Waals surface area contributed by atoms with Gasteiger partial charge in [0.2, 0.25) is 0 Å². The summed E-state index contributed by atoms with van der Waals surface area (Å²) in [6, 6.07) is 9.25. The summed E-state index contributed by atoms with van der Waals surface area (Å²) in [4.78, 5) is 0. The molecule has 2 rings (SSSR count). The number of hydrogen-bond acceptors (Lipinski definition) is 3. The van der Waals surface area contributed by atoms with Crippen LogP contribution < -0.4 is 4.74 Å². The van der Waals surface area contributed by atoms with Gasteiger partial charge in [0, 0.05) is 0 Å². The second kappa shape index (κ2) is 5.32. The summed E-state index contributed by atoms with van der Waals surface area (Å²) < 4.78 is 43.1. The highest BCUT2D eigenvalue weighted by molar-refractivity contribution is 5.40. The molecule has 0 heterocycles. The molecule has 0 fully saturated rings. The second-order valence-corrected chi connectivity index (χ2v) is 4.11. The van der Waals surface area contributed by atoms with E-state index < -0.39 is 17.5 Å². The van der Waals surface area contributed by atoms with E-state index in [-0.39, 0.29) is 23.7 Å². The summed E-state index contributed by atoms with van der Waals surface area (Å²) in [6.45, 7) is -0.152. The third-order valence-corrected chi connectivity index (χ3v) is 2.63. The minimum atomic E-state index is -4.63. The van der Waals surface area contributed by atoms with Gasteiger partial charge in [0.1, 0.15) is 12.4 Å². The molecular weight excluding hydrogens is 273 g/mol. The molecule has 0 aliphatic rings. The monoisotopic (exact) mass is 284 g/mol. The Morgan fingerprint density at radius 2 is 1.65 bits per heavy atom. The van der Waals surface area contributed by atoms with E-state index in [9.17, 15) is 23.4 Å². The lowest BCUT2D eigenvalue weighted by molar-refractivity contribution is -0.138. The molecule has 0 bridgehead atoms. The van der Waals surface area contributed by atoms with Crippen LogP contribution in [0.5, 0.6) is 17.2 Å². The molecule has 0 aliphatic carbocycles. The first kappa shape index (κ1) is 14.0. The minimum Gasteiger partial charge on any atom is -0.507 e. The molecule has 0 spiro atoms. The number of halogens is 3. The van der Waals surface area contributed by atoms with Crippen molar-refractivity contribution < 1.29 is 28.1 Å². The Morgan fingerprint density at radius 3 is 2.30 bits per heavy atom. The number of ether oxygens (including phenoxy) is 1. The first-order valence-electron chi connectivity index (χ1n) is 5.68. The molecule has 0 saturated heterocycles. The fourth-order valence-electron chi connectivity index (χ4n) is 1.64. The molecule has 0 aromatic heterocycles. The Morgan fingerprint density at radius 1 is 0.950 bits per heavy atom. The van der Waals surface area contributed by atoms with Gasteiger partial charge in [-0.25, -0.2) is 0 Å². The predicted octanol–water partition coefficient (Wildman–Crippen LogP) is 3.70. The summed E-state index contributed by atoms with van der Waals surface area (Å²) in [7, 11) is 0. The van der Waals surface area contributed by atoms with Crippen LogP contribution in [-0.2, 0) is 12.8 Å². The number of rotatable bonds is 3. The zero-order valence-corrected chi connectivity index (χ0v) is 10.2. The second-order valence-electron chi connectivity index (χ2n) is 4.11. The van der Waals surface area contributed by atoms with Crippen molar-refractivity contribution in [2.24, 2.45) is 0 Å². The molecule has 0 aliphatic heterocycles. The predicted molar refractivity (Wildman–Crippen MR) is 65.5 cm³/mol. The Labute approximate surface area is 112 Å². The maximum atomic E-state index is 12.6. The Bertz CT molecular complexity index is 609. The molecule has 0 amide bonds. The zero-order chi connectivity index (χ0) is 14.8. The molecule has 0 radical (unpaired) electrons. The van der Waals surface area contributed by atoms with E-state index in [1.807, 2.05) is 0 Å². The number of phenolic OH excluding ortho intramolecular Hbond substituents is 2. The van der Waals surface area contributed by atoms with E-state index in [1.165, 1.54) is 18.2 Å². The SMILES string of the molecule is Oc1ccccc1OCc1ccc(O)c(C(F)(F)F)c1. The van der Waals surface area contributed by atoms with Crippen molar-refractivity contribution in [1.29, 1.82) is 0 Å². The normalized spacial score (nSPS) is 11.3. The molecular formula is C14H11F3O3. The molecule has 2 N–H and O–H groups in total. The Kier molecular flexibility index (Phi) is 3.74. The summed E-state index contributed by atoms with van der Waals surface area (Å²) in [5.74, 6) is -0.750. The van der Waals surface area contributed by atoms with Crippen molar-refractivity contribution in [3.63, 3.8) is 0 Å². The molecule has 0 saturated carbocycles.